The van der Waals surface area contributed by atoms with E-state index in [0.29, 0.717) is 5.69 Å². The van der Waals surface area contributed by atoms with Crippen molar-refractivity contribution in [2.24, 2.45) is 5.73 Å². The summed E-state index contributed by atoms with van der Waals surface area (Å²) in [6.07, 6.45) is -2.33. The van der Waals surface area contributed by atoms with E-state index in [1.54, 1.807) is 24.3 Å². The first-order valence-corrected chi connectivity index (χ1v) is 5.90. The summed E-state index contributed by atoms with van der Waals surface area (Å²) in [7, 11) is 0. The minimum Gasteiger partial charge on any atom is -0.324 e. The second-order valence-electron chi connectivity index (χ2n) is 4.25. The van der Waals surface area contributed by atoms with Crippen molar-refractivity contribution in [1.82, 2.24) is 9.78 Å². The van der Waals surface area contributed by atoms with Crippen LogP contribution in [-0.4, -0.2) is 9.78 Å². The molecule has 0 radical (unpaired) electrons. The Labute approximate surface area is 108 Å². The molecule has 2 aromatic rings. The lowest BCUT2D eigenvalue weighted by Crippen LogP contribution is -2.09. The molecular weight excluding hydrogens is 255 g/mol. The van der Waals surface area contributed by atoms with Gasteiger partial charge in [-0.25, -0.2) is 4.68 Å². The first-order chi connectivity index (χ1) is 8.91. The summed E-state index contributed by atoms with van der Waals surface area (Å²) < 4.78 is 38.5. The molecule has 0 aliphatic carbocycles. The second kappa shape index (κ2) is 5.05. The van der Waals surface area contributed by atoms with Gasteiger partial charge in [-0.2, -0.15) is 18.3 Å². The van der Waals surface area contributed by atoms with Gasteiger partial charge >= 0.3 is 6.18 Å². The Morgan fingerprint density at radius 1 is 1.21 bits per heavy atom. The van der Waals surface area contributed by atoms with Crippen LogP contribution in [0.4, 0.5) is 13.2 Å². The van der Waals surface area contributed by atoms with Crippen molar-refractivity contribution in [3.05, 3.63) is 47.8 Å². The molecular formula is C13H14F3N3. The molecule has 3 nitrogen and oxygen atoms in total. The SMILES string of the molecule is CCC(N)c1ccc(-n2ccc(C(F)(F)F)n2)cc1. The summed E-state index contributed by atoms with van der Waals surface area (Å²) in [5, 5.41) is 3.51. The molecule has 0 saturated carbocycles. The van der Waals surface area contributed by atoms with Gasteiger partial charge in [0, 0.05) is 12.2 Å². The molecule has 0 spiro atoms. The molecule has 2 N–H and O–H groups in total. The van der Waals surface area contributed by atoms with Crippen molar-refractivity contribution < 1.29 is 13.2 Å². The summed E-state index contributed by atoms with van der Waals surface area (Å²) in [5.41, 5.74) is 6.50. The van der Waals surface area contributed by atoms with Crippen LogP contribution in [0, 0.1) is 0 Å². The van der Waals surface area contributed by atoms with Crippen LogP contribution in [0.2, 0.25) is 0 Å². The van der Waals surface area contributed by atoms with Crippen LogP contribution in [0.25, 0.3) is 5.69 Å². The van der Waals surface area contributed by atoms with Crippen LogP contribution in [-0.2, 0) is 6.18 Å². The van der Waals surface area contributed by atoms with Gasteiger partial charge in [0.05, 0.1) is 5.69 Å². The highest BCUT2D eigenvalue weighted by atomic mass is 19.4. The smallest absolute Gasteiger partial charge is 0.324 e. The Balaban J connectivity index is 2.25. The molecule has 6 heteroatoms. The highest BCUT2D eigenvalue weighted by Gasteiger charge is 2.33. The van der Waals surface area contributed by atoms with Gasteiger partial charge in [0.1, 0.15) is 0 Å². The Morgan fingerprint density at radius 3 is 2.32 bits per heavy atom. The molecule has 19 heavy (non-hydrogen) atoms. The predicted molar refractivity (Wildman–Crippen MR) is 65.8 cm³/mol. The second-order valence-corrected chi connectivity index (χ2v) is 4.25. The molecule has 2 rings (SSSR count). The fourth-order valence-electron chi connectivity index (χ4n) is 1.73. The fraction of sp³-hybridized carbons (Fsp3) is 0.308. The maximum atomic E-state index is 12.4. The minimum atomic E-state index is -4.42. The number of rotatable bonds is 3. The molecule has 0 amide bonds. The van der Waals surface area contributed by atoms with Gasteiger partial charge in [0.25, 0.3) is 0 Å². The van der Waals surface area contributed by atoms with Crippen molar-refractivity contribution in [3.63, 3.8) is 0 Å². The molecule has 1 aromatic heterocycles. The average molecular weight is 269 g/mol. The zero-order chi connectivity index (χ0) is 14.0. The summed E-state index contributed by atoms with van der Waals surface area (Å²) in [4.78, 5) is 0. The van der Waals surface area contributed by atoms with Crippen LogP contribution < -0.4 is 5.73 Å². The fourth-order valence-corrected chi connectivity index (χ4v) is 1.73. The van der Waals surface area contributed by atoms with E-state index >= 15 is 0 Å². The van der Waals surface area contributed by atoms with E-state index < -0.39 is 11.9 Å². The topological polar surface area (TPSA) is 43.8 Å². The van der Waals surface area contributed by atoms with E-state index in [0.717, 1.165) is 18.1 Å². The lowest BCUT2D eigenvalue weighted by molar-refractivity contribution is -0.141. The first-order valence-electron chi connectivity index (χ1n) is 5.90. The standard InChI is InChI=1S/C13H14F3N3/c1-2-11(17)9-3-5-10(6-4-9)19-8-7-12(18-19)13(14,15)16/h3-8,11H,2,17H2,1H3. The highest BCUT2D eigenvalue weighted by Crippen LogP contribution is 2.28. The molecule has 0 aliphatic heterocycles. The third kappa shape index (κ3) is 2.96. The third-order valence-corrected chi connectivity index (χ3v) is 2.91. The summed E-state index contributed by atoms with van der Waals surface area (Å²) in [5.74, 6) is 0. The molecule has 0 fully saturated rings. The number of hydrogen-bond acceptors (Lipinski definition) is 2. The Bertz CT molecular complexity index is 543. The van der Waals surface area contributed by atoms with Gasteiger partial charge in [-0.15, -0.1) is 0 Å². The van der Waals surface area contributed by atoms with Crippen molar-refractivity contribution in [1.29, 1.82) is 0 Å². The van der Waals surface area contributed by atoms with Crippen LogP contribution in [0.1, 0.15) is 30.6 Å². The quantitative estimate of drug-likeness (QED) is 0.929. The van der Waals surface area contributed by atoms with Crippen LogP contribution in [0.15, 0.2) is 36.5 Å². The zero-order valence-electron chi connectivity index (χ0n) is 10.4. The maximum Gasteiger partial charge on any atom is 0.435 e. The molecule has 1 aromatic carbocycles. The number of hydrogen-bond donors (Lipinski definition) is 1. The van der Waals surface area contributed by atoms with Crippen molar-refractivity contribution in [2.75, 3.05) is 0 Å². The summed E-state index contributed by atoms with van der Waals surface area (Å²) in [6, 6.07) is 7.91. The zero-order valence-corrected chi connectivity index (χ0v) is 10.4. The van der Waals surface area contributed by atoms with Crippen molar-refractivity contribution in [2.45, 2.75) is 25.6 Å². The molecule has 1 atom stereocenters. The van der Waals surface area contributed by atoms with E-state index in [-0.39, 0.29) is 6.04 Å². The van der Waals surface area contributed by atoms with Crippen LogP contribution in [0.5, 0.6) is 0 Å². The molecule has 0 bridgehead atoms. The molecule has 1 heterocycles. The molecule has 1 unspecified atom stereocenters. The first kappa shape index (κ1) is 13.6. The molecule has 0 saturated heterocycles. The van der Waals surface area contributed by atoms with Crippen LogP contribution >= 0.6 is 0 Å². The van der Waals surface area contributed by atoms with Gasteiger partial charge < -0.3 is 5.73 Å². The normalized spacial score (nSPS) is 13.5. The van der Waals surface area contributed by atoms with Gasteiger partial charge in [0.2, 0.25) is 0 Å². The van der Waals surface area contributed by atoms with Gasteiger partial charge in [0.15, 0.2) is 5.69 Å². The van der Waals surface area contributed by atoms with Gasteiger partial charge in [-0.3, -0.25) is 0 Å². The maximum absolute atomic E-state index is 12.4. The number of alkyl halides is 3. The molecule has 0 aliphatic rings. The third-order valence-electron chi connectivity index (χ3n) is 2.91. The van der Waals surface area contributed by atoms with Gasteiger partial charge in [-0.1, -0.05) is 19.1 Å². The number of nitrogens with two attached hydrogens (primary N) is 1. The van der Waals surface area contributed by atoms with E-state index in [1.807, 2.05) is 6.92 Å². The predicted octanol–water partition coefficient (Wildman–Crippen LogP) is 3.30. The van der Waals surface area contributed by atoms with E-state index in [9.17, 15) is 13.2 Å². The van der Waals surface area contributed by atoms with E-state index in [2.05, 4.69) is 5.10 Å². The Kier molecular flexibility index (Phi) is 3.61. The van der Waals surface area contributed by atoms with Gasteiger partial charge in [-0.05, 0) is 30.2 Å². The monoisotopic (exact) mass is 269 g/mol. The highest BCUT2D eigenvalue weighted by molar-refractivity contribution is 5.35. The number of aromatic nitrogens is 2. The van der Waals surface area contributed by atoms with E-state index in [4.69, 9.17) is 5.73 Å². The number of halogens is 3. The van der Waals surface area contributed by atoms with Crippen molar-refractivity contribution >= 4 is 0 Å². The Hall–Kier alpha value is -1.82. The Morgan fingerprint density at radius 2 is 1.84 bits per heavy atom. The molecule has 102 valence electrons. The lowest BCUT2D eigenvalue weighted by Gasteiger charge is -2.10. The minimum absolute atomic E-state index is 0.0580. The largest absolute Gasteiger partial charge is 0.435 e. The lowest BCUT2D eigenvalue weighted by atomic mass is 10.1. The average Bonchev–Trinajstić information content (AvgIpc) is 2.87. The van der Waals surface area contributed by atoms with E-state index in [1.165, 1.54) is 10.9 Å². The van der Waals surface area contributed by atoms with Crippen LogP contribution in [0.3, 0.4) is 0 Å². The summed E-state index contributed by atoms with van der Waals surface area (Å²) >= 11 is 0. The number of benzene rings is 1. The number of nitrogens with zero attached hydrogens (tertiary/aromatic N) is 2. The summed E-state index contributed by atoms with van der Waals surface area (Å²) in [6.45, 7) is 1.97. The van der Waals surface area contributed by atoms with Crippen molar-refractivity contribution in [3.8, 4) is 5.69 Å².